The molecule has 1 atom stereocenters. The average Bonchev–Trinajstić information content (AvgIpc) is 2.27. The van der Waals surface area contributed by atoms with Crippen LogP contribution in [-0.2, 0) is 0 Å². The maximum Gasteiger partial charge on any atom is 0.121 e. The molecule has 11 heavy (non-hydrogen) atoms. The van der Waals surface area contributed by atoms with E-state index in [9.17, 15) is 0 Å². The molecule has 0 aliphatic carbocycles. The maximum absolute atomic E-state index is 4.40. The molecule has 58 valence electrons. The Bertz CT molecular complexity index is 285. The quantitative estimate of drug-likeness (QED) is 0.640. The second kappa shape index (κ2) is 2.41. The number of fused-ring (bicyclic) bond motifs is 1. The number of aromatic nitrogens is 1. The summed E-state index contributed by atoms with van der Waals surface area (Å²) in [4.78, 5) is 4.40. The van der Waals surface area contributed by atoms with Crippen molar-refractivity contribution in [1.29, 1.82) is 0 Å². The molecule has 0 spiro atoms. The number of thioether (sulfide) groups is 1. The molecule has 0 bridgehead atoms. The molecule has 1 aromatic rings. The zero-order chi connectivity index (χ0) is 7.84. The molecule has 0 radical (unpaired) electrons. The van der Waals surface area contributed by atoms with E-state index in [0.717, 1.165) is 10.7 Å². The molecule has 1 aliphatic rings. The van der Waals surface area contributed by atoms with Gasteiger partial charge in [0, 0.05) is 5.69 Å². The third kappa shape index (κ3) is 1.20. The molecular formula is C8H10N2S. The van der Waals surface area contributed by atoms with Crippen molar-refractivity contribution in [1.82, 2.24) is 4.98 Å². The lowest BCUT2D eigenvalue weighted by Gasteiger charge is -1.99. The van der Waals surface area contributed by atoms with E-state index in [1.54, 1.807) is 11.8 Å². The van der Waals surface area contributed by atoms with Gasteiger partial charge in [0.1, 0.15) is 5.03 Å². The highest BCUT2D eigenvalue weighted by atomic mass is 32.2. The second-order valence-corrected chi connectivity index (χ2v) is 4.04. The zero-order valence-electron chi connectivity index (χ0n) is 6.59. The Morgan fingerprint density at radius 1 is 1.55 bits per heavy atom. The molecule has 1 unspecified atom stereocenters. The van der Waals surface area contributed by atoms with Crippen LogP contribution in [0.25, 0.3) is 0 Å². The number of nitrogens with zero attached hydrogens (tertiary/aromatic N) is 1. The highest BCUT2D eigenvalue weighted by Crippen LogP contribution is 2.36. The Balaban J connectivity index is 2.43. The van der Waals surface area contributed by atoms with E-state index in [0.29, 0.717) is 5.37 Å². The van der Waals surface area contributed by atoms with Gasteiger partial charge in [-0.3, -0.25) is 0 Å². The molecule has 0 fully saturated rings. The SMILES string of the molecule is Cc1ccc2c(n1)SC(C)N2. The minimum absolute atomic E-state index is 0.472. The van der Waals surface area contributed by atoms with Gasteiger partial charge in [-0.05, 0) is 26.0 Å². The summed E-state index contributed by atoms with van der Waals surface area (Å²) in [6.07, 6.45) is 0. The van der Waals surface area contributed by atoms with Crippen molar-refractivity contribution in [2.75, 3.05) is 5.32 Å². The molecule has 1 N–H and O–H groups in total. The average molecular weight is 166 g/mol. The van der Waals surface area contributed by atoms with E-state index >= 15 is 0 Å². The van der Waals surface area contributed by atoms with Crippen LogP contribution in [0.3, 0.4) is 0 Å². The van der Waals surface area contributed by atoms with Gasteiger partial charge in [0.15, 0.2) is 0 Å². The van der Waals surface area contributed by atoms with Crippen molar-refractivity contribution in [2.24, 2.45) is 0 Å². The first-order valence-electron chi connectivity index (χ1n) is 3.66. The first kappa shape index (κ1) is 6.98. The largest absolute Gasteiger partial charge is 0.371 e. The van der Waals surface area contributed by atoms with E-state index in [1.165, 1.54) is 5.69 Å². The van der Waals surface area contributed by atoms with Crippen LogP contribution < -0.4 is 5.32 Å². The lowest BCUT2D eigenvalue weighted by atomic mass is 10.3. The molecule has 0 amide bonds. The molecule has 2 heterocycles. The number of pyridine rings is 1. The van der Waals surface area contributed by atoms with Gasteiger partial charge in [-0.15, -0.1) is 0 Å². The molecule has 2 nitrogen and oxygen atoms in total. The Kier molecular flexibility index (Phi) is 1.53. The molecule has 0 saturated heterocycles. The van der Waals surface area contributed by atoms with Crippen molar-refractivity contribution in [3.05, 3.63) is 17.8 Å². The Morgan fingerprint density at radius 2 is 2.36 bits per heavy atom. The number of rotatable bonds is 0. The lowest BCUT2D eigenvalue weighted by Crippen LogP contribution is -2.02. The molecule has 1 aliphatic heterocycles. The molecular weight excluding hydrogens is 156 g/mol. The summed E-state index contributed by atoms with van der Waals surface area (Å²) in [5.74, 6) is 0. The van der Waals surface area contributed by atoms with Gasteiger partial charge in [0.05, 0.1) is 11.1 Å². The van der Waals surface area contributed by atoms with Crippen LogP contribution in [0.2, 0.25) is 0 Å². The zero-order valence-corrected chi connectivity index (χ0v) is 7.40. The van der Waals surface area contributed by atoms with E-state index in [2.05, 4.69) is 23.3 Å². The number of hydrogen-bond acceptors (Lipinski definition) is 3. The molecule has 1 aromatic heterocycles. The summed E-state index contributed by atoms with van der Waals surface area (Å²) in [5, 5.41) is 4.93. The van der Waals surface area contributed by atoms with E-state index < -0.39 is 0 Å². The van der Waals surface area contributed by atoms with Gasteiger partial charge in [0.2, 0.25) is 0 Å². The minimum Gasteiger partial charge on any atom is -0.371 e. The predicted molar refractivity (Wildman–Crippen MR) is 47.9 cm³/mol. The second-order valence-electron chi connectivity index (χ2n) is 2.71. The van der Waals surface area contributed by atoms with Gasteiger partial charge in [-0.1, -0.05) is 11.8 Å². The van der Waals surface area contributed by atoms with Gasteiger partial charge < -0.3 is 5.32 Å². The fourth-order valence-corrected chi connectivity index (χ4v) is 2.12. The third-order valence-corrected chi connectivity index (χ3v) is 2.65. The summed E-state index contributed by atoms with van der Waals surface area (Å²) < 4.78 is 0. The number of nitrogens with one attached hydrogen (secondary N) is 1. The van der Waals surface area contributed by atoms with Gasteiger partial charge >= 0.3 is 0 Å². The van der Waals surface area contributed by atoms with Crippen LogP contribution in [0.1, 0.15) is 12.6 Å². The normalized spacial score (nSPS) is 21.1. The van der Waals surface area contributed by atoms with Crippen LogP contribution in [0.5, 0.6) is 0 Å². The standard InChI is InChI=1S/C8H10N2S/c1-5-3-4-7-8(9-5)11-6(2)10-7/h3-4,6,10H,1-2H3. The predicted octanol–water partition coefficient (Wildman–Crippen LogP) is 2.25. The lowest BCUT2D eigenvalue weighted by molar-refractivity contribution is 1.07. The highest BCUT2D eigenvalue weighted by molar-refractivity contribution is 8.00. The van der Waals surface area contributed by atoms with Gasteiger partial charge in [0.25, 0.3) is 0 Å². The Morgan fingerprint density at radius 3 is 3.18 bits per heavy atom. The number of hydrogen-bond donors (Lipinski definition) is 1. The fraction of sp³-hybridized carbons (Fsp3) is 0.375. The van der Waals surface area contributed by atoms with Crippen LogP contribution in [0.4, 0.5) is 5.69 Å². The first-order valence-corrected chi connectivity index (χ1v) is 4.54. The summed E-state index contributed by atoms with van der Waals surface area (Å²) in [6, 6.07) is 4.12. The van der Waals surface area contributed by atoms with Crippen LogP contribution in [0, 0.1) is 6.92 Å². The maximum atomic E-state index is 4.40. The topological polar surface area (TPSA) is 24.9 Å². The van der Waals surface area contributed by atoms with Crippen molar-refractivity contribution in [3.63, 3.8) is 0 Å². The monoisotopic (exact) mass is 166 g/mol. The van der Waals surface area contributed by atoms with Crippen LogP contribution in [0.15, 0.2) is 17.2 Å². The highest BCUT2D eigenvalue weighted by Gasteiger charge is 2.17. The Labute approximate surface area is 70.4 Å². The van der Waals surface area contributed by atoms with E-state index in [4.69, 9.17) is 0 Å². The summed E-state index contributed by atoms with van der Waals surface area (Å²) in [5.41, 5.74) is 2.26. The minimum atomic E-state index is 0.472. The van der Waals surface area contributed by atoms with Gasteiger partial charge in [-0.2, -0.15) is 0 Å². The third-order valence-electron chi connectivity index (χ3n) is 1.65. The smallest absolute Gasteiger partial charge is 0.121 e. The van der Waals surface area contributed by atoms with Gasteiger partial charge in [-0.25, -0.2) is 4.98 Å². The van der Waals surface area contributed by atoms with Crippen molar-refractivity contribution >= 4 is 17.4 Å². The van der Waals surface area contributed by atoms with E-state index in [1.807, 2.05) is 13.0 Å². The Hall–Kier alpha value is -0.700. The molecule has 0 saturated carbocycles. The van der Waals surface area contributed by atoms with E-state index in [-0.39, 0.29) is 0 Å². The number of aryl methyl sites for hydroxylation is 1. The fourth-order valence-electron chi connectivity index (χ4n) is 1.15. The van der Waals surface area contributed by atoms with Crippen molar-refractivity contribution < 1.29 is 0 Å². The molecule has 0 aromatic carbocycles. The van der Waals surface area contributed by atoms with Crippen molar-refractivity contribution in [2.45, 2.75) is 24.2 Å². The number of anilines is 1. The molecule has 2 rings (SSSR count). The molecule has 3 heteroatoms. The summed E-state index contributed by atoms with van der Waals surface area (Å²) >= 11 is 1.78. The van der Waals surface area contributed by atoms with Crippen LogP contribution >= 0.6 is 11.8 Å². The summed E-state index contributed by atoms with van der Waals surface area (Å²) in [6.45, 7) is 4.16. The van der Waals surface area contributed by atoms with Crippen molar-refractivity contribution in [3.8, 4) is 0 Å². The summed E-state index contributed by atoms with van der Waals surface area (Å²) in [7, 11) is 0. The first-order chi connectivity index (χ1) is 5.25. The van der Waals surface area contributed by atoms with Crippen LogP contribution in [-0.4, -0.2) is 10.4 Å².